The van der Waals surface area contributed by atoms with E-state index < -0.39 is 49.7 Å². The molecule has 1 saturated carbocycles. The van der Waals surface area contributed by atoms with Crippen molar-refractivity contribution in [2.24, 2.45) is 5.92 Å². The molecule has 1 aliphatic carbocycles. The maximum absolute atomic E-state index is 12.1. The Hall–Kier alpha value is -0.680. The van der Waals surface area contributed by atoms with Gasteiger partial charge < -0.3 is 23.9 Å². The van der Waals surface area contributed by atoms with Gasteiger partial charge in [0, 0.05) is 38.5 Å². The van der Waals surface area contributed by atoms with Gasteiger partial charge >= 0.3 is 13.4 Å². The first kappa shape index (κ1) is 21.6. The number of hydrogen-bond acceptors (Lipinski definition) is 6. The average molecular weight is 429 g/mol. The summed E-state index contributed by atoms with van der Waals surface area (Å²) in [5, 5.41) is 2.10. The second-order valence-corrected chi connectivity index (χ2v) is 11.3. The van der Waals surface area contributed by atoms with Crippen molar-refractivity contribution in [3.63, 3.8) is 0 Å². The largest absolute Gasteiger partial charge is 0.400 e. The Morgan fingerprint density at radius 2 is 2.04 bits per heavy atom. The summed E-state index contributed by atoms with van der Waals surface area (Å²) in [6.07, 6.45) is 0.0342. The van der Waals surface area contributed by atoms with E-state index in [4.69, 9.17) is 30.9 Å². The van der Waals surface area contributed by atoms with Crippen LogP contribution in [0, 0.1) is 5.92 Å². The predicted molar refractivity (Wildman–Crippen MR) is 96.6 cm³/mol. The minimum Gasteiger partial charge on any atom is -0.377 e. The van der Waals surface area contributed by atoms with Crippen molar-refractivity contribution < 1.29 is 28.5 Å². The first-order valence-electron chi connectivity index (χ1n) is 7.55. The third kappa shape index (κ3) is 5.66. The lowest BCUT2D eigenvalue weighted by Crippen LogP contribution is -2.39. The highest BCUT2D eigenvalue weighted by atomic mass is 32.5. The van der Waals surface area contributed by atoms with Crippen LogP contribution in [0.15, 0.2) is 21.9 Å². The molecule has 1 aromatic heterocycles. The summed E-state index contributed by atoms with van der Waals surface area (Å²) in [5.41, 5.74) is -1.20. The average Bonchev–Trinajstić information content (AvgIpc) is 2.80. The molecular weight excluding hydrogens is 408 g/mol. The molecule has 0 spiro atoms. The molecule has 26 heavy (non-hydrogen) atoms. The number of nitrogens with one attached hydrogen (secondary N) is 2. The third-order valence-electron chi connectivity index (χ3n) is 4.07. The lowest BCUT2D eigenvalue weighted by molar-refractivity contribution is -0.00914. The highest BCUT2D eigenvalue weighted by Gasteiger charge is 2.47. The monoisotopic (exact) mass is 429 g/mol. The van der Waals surface area contributed by atoms with E-state index in [-0.39, 0.29) is 13.0 Å². The molecule has 0 aliphatic heterocycles. The van der Waals surface area contributed by atoms with Gasteiger partial charge in [-0.15, -0.1) is 0 Å². The molecular formula is C12H21N3O8P2S. The van der Waals surface area contributed by atoms with Gasteiger partial charge in [-0.2, -0.15) is 0 Å². The van der Waals surface area contributed by atoms with E-state index in [9.17, 15) is 19.0 Å². The summed E-state index contributed by atoms with van der Waals surface area (Å²) in [4.78, 5) is 53.6. The van der Waals surface area contributed by atoms with Gasteiger partial charge in [0.25, 0.3) is 5.56 Å². The first-order valence-corrected chi connectivity index (χ1v) is 12.3. The Labute approximate surface area is 153 Å². The van der Waals surface area contributed by atoms with Crippen LogP contribution in [0.5, 0.6) is 0 Å². The number of aromatic amines is 1. The molecule has 5 N–H and O–H groups in total. The van der Waals surface area contributed by atoms with Gasteiger partial charge in [-0.1, -0.05) is 0 Å². The van der Waals surface area contributed by atoms with Crippen LogP contribution in [0.25, 0.3) is 0 Å². The van der Waals surface area contributed by atoms with Gasteiger partial charge in [-0.25, -0.2) is 14.4 Å². The van der Waals surface area contributed by atoms with Crippen molar-refractivity contribution in [2.45, 2.75) is 24.7 Å². The molecule has 2 rings (SSSR count). The number of methoxy groups -OCH3 is 1. The molecule has 0 saturated heterocycles. The van der Waals surface area contributed by atoms with E-state index in [2.05, 4.69) is 10.1 Å². The molecule has 1 aliphatic rings. The quantitative estimate of drug-likeness (QED) is 0.344. The van der Waals surface area contributed by atoms with Gasteiger partial charge in [-0.3, -0.25) is 14.3 Å². The molecule has 1 aromatic rings. The lowest BCUT2D eigenvalue weighted by Gasteiger charge is -2.28. The fourth-order valence-corrected chi connectivity index (χ4v) is 4.64. The molecule has 1 heterocycles. The van der Waals surface area contributed by atoms with Gasteiger partial charge in [0.2, 0.25) is 0 Å². The zero-order valence-corrected chi connectivity index (χ0v) is 16.6. The summed E-state index contributed by atoms with van der Waals surface area (Å²) >= 11 is 4.93. The summed E-state index contributed by atoms with van der Waals surface area (Å²) in [6, 6.07) is 0.598. The first-order chi connectivity index (χ1) is 11.9. The zero-order valence-electron chi connectivity index (χ0n) is 14.0. The normalized spacial score (nSPS) is 28.8. The van der Waals surface area contributed by atoms with Crippen LogP contribution in [0.1, 0.15) is 12.5 Å². The van der Waals surface area contributed by atoms with E-state index in [1.54, 1.807) is 0 Å². The smallest absolute Gasteiger partial charge is 0.377 e. The Kier molecular flexibility index (Phi) is 6.76. The highest BCUT2D eigenvalue weighted by Crippen LogP contribution is 2.48. The fraction of sp³-hybridized carbons (Fsp3) is 0.667. The minimum absolute atomic E-state index is 0.140. The summed E-state index contributed by atoms with van der Waals surface area (Å²) in [7, 11) is -3.08. The zero-order chi connectivity index (χ0) is 19.7. The van der Waals surface area contributed by atoms with Crippen LogP contribution in [-0.4, -0.2) is 56.8 Å². The number of aromatic nitrogens is 2. The maximum Gasteiger partial charge on any atom is 0.400 e. The van der Waals surface area contributed by atoms with Gasteiger partial charge in [0.05, 0.1) is 12.1 Å². The van der Waals surface area contributed by atoms with Crippen molar-refractivity contribution in [3.05, 3.63) is 33.1 Å². The summed E-state index contributed by atoms with van der Waals surface area (Å²) in [6.45, 7) is -1.91. The van der Waals surface area contributed by atoms with Gasteiger partial charge in [0.1, 0.15) is 6.10 Å². The molecule has 1 fully saturated rings. The second kappa shape index (κ2) is 8.14. The SMILES string of the molecule is COC1C(OP(C)(O)=S)C(CNP(=O)(O)O)CC1n1ccc(=O)[nH]c1=O. The second-order valence-electron chi connectivity index (χ2n) is 6.06. The van der Waals surface area contributed by atoms with Crippen LogP contribution in [0.4, 0.5) is 0 Å². The molecule has 0 bridgehead atoms. The van der Waals surface area contributed by atoms with Crippen LogP contribution in [0.2, 0.25) is 0 Å². The van der Waals surface area contributed by atoms with Gasteiger partial charge in [0.15, 0.2) is 6.49 Å². The molecule has 148 valence electrons. The fourth-order valence-electron chi connectivity index (χ4n) is 3.12. The van der Waals surface area contributed by atoms with E-state index in [1.807, 2.05) is 0 Å². The molecule has 5 atom stereocenters. The van der Waals surface area contributed by atoms with Gasteiger partial charge in [-0.05, 0) is 18.2 Å². The number of H-pyrrole nitrogens is 1. The Morgan fingerprint density at radius 1 is 1.38 bits per heavy atom. The van der Waals surface area contributed by atoms with Crippen molar-refractivity contribution >= 4 is 26.0 Å². The van der Waals surface area contributed by atoms with Crippen LogP contribution < -0.4 is 16.3 Å². The summed E-state index contributed by atoms with van der Waals surface area (Å²) < 4.78 is 23.4. The van der Waals surface area contributed by atoms with E-state index in [0.717, 1.165) is 0 Å². The number of nitrogens with zero attached hydrogens (tertiary/aromatic N) is 1. The lowest BCUT2D eigenvalue weighted by atomic mass is 10.1. The molecule has 14 heteroatoms. The minimum atomic E-state index is -4.47. The van der Waals surface area contributed by atoms with E-state index in [1.165, 1.54) is 30.6 Å². The topological polar surface area (TPSA) is 163 Å². The Morgan fingerprint density at radius 3 is 2.54 bits per heavy atom. The number of ether oxygens (including phenoxy) is 1. The van der Waals surface area contributed by atoms with Crippen LogP contribution in [0.3, 0.4) is 0 Å². The van der Waals surface area contributed by atoms with Crippen LogP contribution >= 0.6 is 14.2 Å². The molecule has 0 amide bonds. The van der Waals surface area contributed by atoms with E-state index >= 15 is 0 Å². The van der Waals surface area contributed by atoms with Crippen molar-refractivity contribution in [1.29, 1.82) is 0 Å². The Balaban J connectivity index is 2.37. The predicted octanol–water partition coefficient (Wildman–Crippen LogP) is -0.888. The molecule has 0 radical (unpaired) electrons. The number of rotatable bonds is 7. The maximum atomic E-state index is 12.1. The van der Waals surface area contributed by atoms with E-state index in [0.29, 0.717) is 0 Å². The van der Waals surface area contributed by atoms with Crippen molar-refractivity contribution in [1.82, 2.24) is 14.6 Å². The van der Waals surface area contributed by atoms with Crippen LogP contribution in [-0.2, 0) is 25.6 Å². The summed E-state index contributed by atoms with van der Waals surface area (Å²) in [5.74, 6) is -0.508. The van der Waals surface area contributed by atoms with Crippen molar-refractivity contribution in [3.8, 4) is 0 Å². The third-order valence-corrected chi connectivity index (χ3v) is 5.56. The highest BCUT2D eigenvalue weighted by molar-refractivity contribution is 8.09. The number of hydrogen-bond donors (Lipinski definition) is 5. The molecule has 5 unspecified atom stereocenters. The molecule has 11 nitrogen and oxygen atoms in total. The molecule has 0 aromatic carbocycles. The Bertz CT molecular complexity index is 845. The standard InChI is InChI=1S/C12H21N3O8P2S/c1-22-11-8(15-4-3-9(16)14-12(15)17)5-7(6-13-25(19,20)21)10(11)23-24(2,18)26/h3-4,7-8,10-11H,5-6H2,1-2H3,(H,18,26)(H,14,16,17)(H3,13,19,20,21). The van der Waals surface area contributed by atoms with Crippen molar-refractivity contribution in [2.75, 3.05) is 20.3 Å².